The summed E-state index contributed by atoms with van der Waals surface area (Å²) in [4.78, 5) is 11.9. The highest BCUT2D eigenvalue weighted by molar-refractivity contribution is 6.32. The Balaban J connectivity index is 0.00000242. The topological polar surface area (TPSA) is 50.4 Å². The van der Waals surface area contributed by atoms with Gasteiger partial charge in [-0.1, -0.05) is 23.7 Å². The third-order valence-corrected chi connectivity index (χ3v) is 3.94. The van der Waals surface area contributed by atoms with Crippen molar-refractivity contribution in [2.24, 2.45) is 0 Å². The highest BCUT2D eigenvalue weighted by atomic mass is 35.5. The molecule has 22 heavy (non-hydrogen) atoms. The third-order valence-electron chi connectivity index (χ3n) is 3.63. The van der Waals surface area contributed by atoms with Crippen LogP contribution in [0.15, 0.2) is 24.3 Å². The highest BCUT2D eigenvalue weighted by Crippen LogP contribution is 2.23. The molecule has 1 heterocycles. The van der Waals surface area contributed by atoms with E-state index in [1.165, 1.54) is 0 Å². The lowest BCUT2D eigenvalue weighted by molar-refractivity contribution is -0.122. The van der Waals surface area contributed by atoms with E-state index < -0.39 is 0 Å². The number of para-hydroxylation sites is 1. The van der Waals surface area contributed by atoms with Crippen LogP contribution in [0.25, 0.3) is 0 Å². The number of amides is 1. The van der Waals surface area contributed by atoms with Crippen molar-refractivity contribution in [3.63, 3.8) is 0 Å². The molecule has 4 nitrogen and oxygen atoms in total. The fraction of sp³-hybridized carbons (Fsp3) is 0.562. The molecule has 1 aromatic carbocycles. The zero-order valence-corrected chi connectivity index (χ0v) is 14.4. The molecule has 0 radical (unpaired) electrons. The number of ether oxygens (including phenoxy) is 1. The van der Waals surface area contributed by atoms with Crippen LogP contribution in [0.5, 0.6) is 5.75 Å². The molecule has 0 spiro atoms. The molecule has 0 saturated carbocycles. The Hall–Kier alpha value is -0.970. The van der Waals surface area contributed by atoms with Gasteiger partial charge in [0, 0.05) is 18.5 Å². The molecule has 6 heteroatoms. The number of carbonyl (C=O) groups is 1. The van der Waals surface area contributed by atoms with Gasteiger partial charge in [-0.25, -0.2) is 0 Å². The summed E-state index contributed by atoms with van der Waals surface area (Å²) in [5, 5.41) is 7.08. The number of benzene rings is 1. The second kappa shape index (κ2) is 9.93. The average molecular weight is 347 g/mol. The lowest BCUT2D eigenvalue weighted by Gasteiger charge is -2.28. The Morgan fingerprint density at radius 1 is 1.45 bits per heavy atom. The molecule has 1 aliphatic rings. The van der Waals surface area contributed by atoms with Crippen LogP contribution in [0.1, 0.15) is 32.6 Å². The van der Waals surface area contributed by atoms with Gasteiger partial charge in [0.25, 0.3) is 0 Å². The normalized spacial score (nSPS) is 20.8. The van der Waals surface area contributed by atoms with Crippen LogP contribution in [-0.2, 0) is 4.79 Å². The maximum Gasteiger partial charge on any atom is 0.220 e. The fourth-order valence-corrected chi connectivity index (χ4v) is 2.73. The highest BCUT2D eigenvalue weighted by Gasteiger charge is 2.19. The molecule has 1 fully saturated rings. The minimum absolute atomic E-state index is 0. The maximum absolute atomic E-state index is 11.9. The van der Waals surface area contributed by atoms with E-state index >= 15 is 0 Å². The number of rotatable bonds is 6. The summed E-state index contributed by atoms with van der Waals surface area (Å²) in [6.45, 7) is 3.62. The van der Waals surface area contributed by atoms with Crippen molar-refractivity contribution in [2.45, 2.75) is 44.7 Å². The predicted octanol–water partition coefficient (Wildman–Crippen LogP) is 3.18. The molecular weight excluding hydrogens is 323 g/mol. The molecule has 2 rings (SSSR count). The summed E-state index contributed by atoms with van der Waals surface area (Å²) in [5.74, 6) is 0.781. The van der Waals surface area contributed by atoms with Gasteiger partial charge in [-0.3, -0.25) is 4.79 Å². The Morgan fingerprint density at radius 2 is 2.23 bits per heavy atom. The minimum atomic E-state index is 0. The molecule has 0 aromatic heterocycles. The summed E-state index contributed by atoms with van der Waals surface area (Å²) < 4.78 is 5.57. The first-order chi connectivity index (χ1) is 10.1. The lowest BCUT2D eigenvalue weighted by atomic mass is 10.0. The third kappa shape index (κ3) is 6.42. The van der Waals surface area contributed by atoms with Crippen LogP contribution in [0, 0.1) is 0 Å². The standard InChI is InChI=1S/C16H23ClN2O2.ClH/c1-12-11-13(8-9-18-12)19-16(20)7-4-10-21-15-6-3-2-5-14(15)17;/h2-3,5-6,12-13,18H,4,7-11H2,1H3,(H,19,20);1H. The smallest absolute Gasteiger partial charge is 0.220 e. The van der Waals surface area contributed by atoms with Crippen LogP contribution in [-0.4, -0.2) is 31.1 Å². The van der Waals surface area contributed by atoms with Gasteiger partial charge in [0.05, 0.1) is 11.6 Å². The summed E-state index contributed by atoms with van der Waals surface area (Å²) in [6.07, 6.45) is 3.19. The molecular formula is C16H24Cl2N2O2. The minimum Gasteiger partial charge on any atom is -0.492 e. The van der Waals surface area contributed by atoms with Crippen LogP contribution >= 0.6 is 24.0 Å². The van der Waals surface area contributed by atoms with Crippen molar-refractivity contribution in [2.75, 3.05) is 13.2 Å². The number of hydrogen-bond donors (Lipinski definition) is 2. The SMILES string of the molecule is CC1CC(NC(=O)CCCOc2ccccc2Cl)CCN1.Cl. The average Bonchev–Trinajstić information content (AvgIpc) is 2.45. The van der Waals surface area contributed by atoms with E-state index in [-0.39, 0.29) is 18.3 Å². The fourth-order valence-electron chi connectivity index (χ4n) is 2.54. The van der Waals surface area contributed by atoms with Crippen molar-refractivity contribution in [3.05, 3.63) is 29.3 Å². The zero-order valence-electron chi connectivity index (χ0n) is 12.8. The number of halogens is 2. The molecule has 2 unspecified atom stereocenters. The van der Waals surface area contributed by atoms with E-state index in [1.807, 2.05) is 18.2 Å². The first kappa shape index (κ1) is 19.1. The van der Waals surface area contributed by atoms with E-state index in [9.17, 15) is 4.79 Å². The molecule has 1 saturated heterocycles. The molecule has 1 aliphatic heterocycles. The van der Waals surface area contributed by atoms with Gasteiger partial charge < -0.3 is 15.4 Å². The number of hydrogen-bond acceptors (Lipinski definition) is 3. The molecule has 124 valence electrons. The van der Waals surface area contributed by atoms with E-state index in [1.54, 1.807) is 6.07 Å². The summed E-state index contributed by atoms with van der Waals surface area (Å²) >= 11 is 6.00. The van der Waals surface area contributed by atoms with Crippen molar-refractivity contribution < 1.29 is 9.53 Å². The van der Waals surface area contributed by atoms with Crippen LogP contribution < -0.4 is 15.4 Å². The largest absolute Gasteiger partial charge is 0.492 e. The summed E-state index contributed by atoms with van der Waals surface area (Å²) in [6, 6.07) is 8.15. The predicted molar refractivity (Wildman–Crippen MR) is 92.1 cm³/mol. The zero-order chi connectivity index (χ0) is 15.1. The molecule has 0 bridgehead atoms. The van der Waals surface area contributed by atoms with Crippen LogP contribution in [0.4, 0.5) is 0 Å². The molecule has 2 N–H and O–H groups in total. The van der Waals surface area contributed by atoms with Crippen molar-refractivity contribution in [3.8, 4) is 5.75 Å². The van der Waals surface area contributed by atoms with Gasteiger partial charge in [0.15, 0.2) is 0 Å². The maximum atomic E-state index is 11.9. The number of carbonyl (C=O) groups excluding carboxylic acids is 1. The molecule has 1 amide bonds. The van der Waals surface area contributed by atoms with Gasteiger partial charge in [0.1, 0.15) is 5.75 Å². The van der Waals surface area contributed by atoms with Gasteiger partial charge in [-0.15, -0.1) is 12.4 Å². The van der Waals surface area contributed by atoms with E-state index in [4.69, 9.17) is 16.3 Å². The van der Waals surface area contributed by atoms with E-state index in [0.717, 1.165) is 19.4 Å². The Kier molecular flexibility index (Phi) is 8.61. The van der Waals surface area contributed by atoms with Gasteiger partial charge in [-0.2, -0.15) is 0 Å². The molecule has 0 aliphatic carbocycles. The van der Waals surface area contributed by atoms with Crippen molar-refractivity contribution >= 4 is 29.9 Å². The van der Waals surface area contributed by atoms with E-state index in [2.05, 4.69) is 17.6 Å². The van der Waals surface area contributed by atoms with E-state index in [0.29, 0.717) is 42.3 Å². The first-order valence-corrected chi connectivity index (χ1v) is 7.93. The number of nitrogens with one attached hydrogen (secondary N) is 2. The Morgan fingerprint density at radius 3 is 2.95 bits per heavy atom. The van der Waals surface area contributed by atoms with Gasteiger partial charge in [0.2, 0.25) is 5.91 Å². The Labute approximate surface area is 143 Å². The first-order valence-electron chi connectivity index (χ1n) is 7.55. The van der Waals surface area contributed by atoms with Crippen LogP contribution in [0.3, 0.4) is 0 Å². The second-order valence-corrected chi connectivity index (χ2v) is 5.93. The summed E-state index contributed by atoms with van der Waals surface area (Å²) in [7, 11) is 0. The summed E-state index contributed by atoms with van der Waals surface area (Å²) in [5.41, 5.74) is 0. The van der Waals surface area contributed by atoms with Crippen molar-refractivity contribution in [1.82, 2.24) is 10.6 Å². The molecule has 1 aromatic rings. The van der Waals surface area contributed by atoms with Crippen molar-refractivity contribution in [1.29, 1.82) is 0 Å². The molecule has 2 atom stereocenters. The monoisotopic (exact) mass is 346 g/mol. The van der Waals surface area contributed by atoms with Gasteiger partial charge in [-0.05, 0) is 44.9 Å². The second-order valence-electron chi connectivity index (χ2n) is 5.53. The number of piperidine rings is 1. The quantitative estimate of drug-likeness (QED) is 0.777. The van der Waals surface area contributed by atoms with Gasteiger partial charge >= 0.3 is 0 Å². The van der Waals surface area contributed by atoms with Crippen LogP contribution in [0.2, 0.25) is 5.02 Å². The Bertz CT molecular complexity index is 471. The lowest BCUT2D eigenvalue weighted by Crippen LogP contribution is -2.46.